The Bertz CT molecular complexity index is 140. The quantitative estimate of drug-likeness (QED) is 0.690. The van der Waals surface area contributed by atoms with Gasteiger partial charge >= 0.3 is 0 Å². The van der Waals surface area contributed by atoms with Crippen LogP contribution < -0.4 is 5.73 Å². The van der Waals surface area contributed by atoms with Gasteiger partial charge in [-0.15, -0.1) is 0 Å². The topological polar surface area (TPSA) is 26.0 Å². The van der Waals surface area contributed by atoms with Crippen molar-refractivity contribution in [2.24, 2.45) is 17.1 Å². The number of unbranched alkanes of at least 4 members (excludes halogenated alkanes) is 1. The predicted molar refractivity (Wildman–Crippen MR) is 54.0 cm³/mol. The second-order valence-electron chi connectivity index (χ2n) is 4.84. The molecule has 2 atom stereocenters. The Morgan fingerprint density at radius 1 is 1.33 bits per heavy atom. The molecule has 0 bridgehead atoms. The van der Waals surface area contributed by atoms with Gasteiger partial charge in [0.1, 0.15) is 0 Å². The zero-order chi connectivity index (χ0) is 9.19. The van der Waals surface area contributed by atoms with Crippen molar-refractivity contribution in [2.75, 3.05) is 0 Å². The van der Waals surface area contributed by atoms with Gasteiger partial charge in [-0.2, -0.15) is 0 Å². The van der Waals surface area contributed by atoms with E-state index in [4.69, 9.17) is 5.73 Å². The molecule has 72 valence electrons. The average Bonchev–Trinajstić information content (AvgIpc) is 2.25. The smallest absolute Gasteiger partial charge is 0.00930 e. The maximum absolute atomic E-state index is 6.07. The van der Waals surface area contributed by atoms with Crippen LogP contribution in [0.4, 0.5) is 0 Å². The first-order valence-electron chi connectivity index (χ1n) is 5.34. The Hall–Kier alpha value is -0.0400. The molecule has 1 heteroatoms. The molecule has 1 aliphatic carbocycles. The molecule has 1 saturated carbocycles. The lowest BCUT2D eigenvalue weighted by Crippen LogP contribution is -2.35. The van der Waals surface area contributed by atoms with Crippen LogP contribution in [0.25, 0.3) is 0 Å². The average molecular weight is 169 g/mol. The zero-order valence-electron chi connectivity index (χ0n) is 8.77. The Morgan fingerprint density at radius 3 is 2.42 bits per heavy atom. The number of rotatable bonds is 3. The summed E-state index contributed by atoms with van der Waals surface area (Å²) in [5, 5.41) is 0. The summed E-state index contributed by atoms with van der Waals surface area (Å²) in [5.41, 5.74) is 6.47. The highest BCUT2D eigenvalue weighted by Gasteiger charge is 2.39. The Balaban J connectivity index is 2.44. The van der Waals surface area contributed by atoms with Crippen LogP contribution in [0, 0.1) is 11.3 Å². The molecular formula is C11H23N. The van der Waals surface area contributed by atoms with Gasteiger partial charge < -0.3 is 5.73 Å². The molecule has 0 aromatic heterocycles. The normalized spacial score (nSPS) is 34.0. The van der Waals surface area contributed by atoms with Gasteiger partial charge in [-0.05, 0) is 30.6 Å². The molecule has 0 radical (unpaired) electrons. The van der Waals surface area contributed by atoms with Crippen LogP contribution in [0.3, 0.4) is 0 Å². The summed E-state index contributed by atoms with van der Waals surface area (Å²) in [4.78, 5) is 0. The molecule has 2 N–H and O–H groups in total. The predicted octanol–water partition coefficient (Wildman–Crippen LogP) is 2.94. The van der Waals surface area contributed by atoms with E-state index < -0.39 is 0 Å². The fourth-order valence-electron chi connectivity index (χ4n) is 2.39. The molecule has 0 aromatic carbocycles. The van der Waals surface area contributed by atoms with Crippen molar-refractivity contribution < 1.29 is 0 Å². The van der Waals surface area contributed by atoms with Crippen LogP contribution in [0.15, 0.2) is 0 Å². The van der Waals surface area contributed by atoms with E-state index in [2.05, 4.69) is 20.8 Å². The van der Waals surface area contributed by atoms with Crippen molar-refractivity contribution in [3.05, 3.63) is 0 Å². The van der Waals surface area contributed by atoms with E-state index in [1.54, 1.807) is 0 Å². The monoisotopic (exact) mass is 169 g/mol. The molecular weight excluding hydrogens is 146 g/mol. The first-order chi connectivity index (χ1) is 5.59. The molecule has 0 amide bonds. The molecule has 1 rings (SSSR count). The highest BCUT2D eigenvalue weighted by atomic mass is 14.7. The Labute approximate surface area is 76.7 Å². The minimum absolute atomic E-state index is 0.398. The fraction of sp³-hybridized carbons (Fsp3) is 1.00. The van der Waals surface area contributed by atoms with E-state index in [-0.39, 0.29) is 0 Å². The minimum atomic E-state index is 0.398. The Morgan fingerprint density at radius 2 is 2.00 bits per heavy atom. The first-order valence-corrected chi connectivity index (χ1v) is 5.34. The first kappa shape index (κ1) is 10.0. The maximum Gasteiger partial charge on any atom is 0.00930 e. The summed E-state index contributed by atoms with van der Waals surface area (Å²) in [6.07, 6.45) is 6.68. The van der Waals surface area contributed by atoms with E-state index in [1.165, 1.54) is 32.1 Å². The number of nitrogens with two attached hydrogens (primary N) is 1. The van der Waals surface area contributed by atoms with Gasteiger partial charge in [-0.1, -0.05) is 33.6 Å². The maximum atomic E-state index is 6.07. The molecule has 1 fully saturated rings. The van der Waals surface area contributed by atoms with Gasteiger partial charge in [0, 0.05) is 6.04 Å². The lowest BCUT2D eigenvalue weighted by Gasteiger charge is -2.30. The molecule has 0 saturated heterocycles. The van der Waals surface area contributed by atoms with Crippen molar-refractivity contribution in [1.29, 1.82) is 0 Å². The van der Waals surface area contributed by atoms with Crippen LogP contribution in [-0.4, -0.2) is 6.04 Å². The van der Waals surface area contributed by atoms with E-state index in [0.717, 1.165) is 5.92 Å². The molecule has 0 aliphatic heterocycles. The van der Waals surface area contributed by atoms with Crippen LogP contribution in [-0.2, 0) is 0 Å². The van der Waals surface area contributed by atoms with Gasteiger partial charge in [0.2, 0.25) is 0 Å². The SMILES string of the molecule is CCCCC1CC[C@H](N)C1(C)C. The summed E-state index contributed by atoms with van der Waals surface area (Å²) >= 11 is 0. The summed E-state index contributed by atoms with van der Waals surface area (Å²) < 4.78 is 0. The summed E-state index contributed by atoms with van der Waals surface area (Å²) in [7, 11) is 0. The van der Waals surface area contributed by atoms with Crippen LogP contribution in [0.5, 0.6) is 0 Å². The van der Waals surface area contributed by atoms with Gasteiger partial charge in [0.25, 0.3) is 0 Å². The van der Waals surface area contributed by atoms with Crippen molar-refractivity contribution >= 4 is 0 Å². The Kier molecular flexibility index (Phi) is 3.16. The van der Waals surface area contributed by atoms with E-state index in [1.807, 2.05) is 0 Å². The number of hydrogen-bond donors (Lipinski definition) is 1. The molecule has 0 spiro atoms. The van der Waals surface area contributed by atoms with Gasteiger partial charge in [0.05, 0.1) is 0 Å². The molecule has 12 heavy (non-hydrogen) atoms. The zero-order valence-corrected chi connectivity index (χ0v) is 8.77. The summed E-state index contributed by atoms with van der Waals surface area (Å²) in [6.45, 7) is 6.94. The van der Waals surface area contributed by atoms with Crippen LogP contribution >= 0.6 is 0 Å². The molecule has 1 aliphatic rings. The fourth-order valence-corrected chi connectivity index (χ4v) is 2.39. The third-order valence-corrected chi connectivity index (χ3v) is 3.74. The van der Waals surface area contributed by atoms with Crippen molar-refractivity contribution in [3.63, 3.8) is 0 Å². The van der Waals surface area contributed by atoms with E-state index in [9.17, 15) is 0 Å². The number of hydrogen-bond acceptors (Lipinski definition) is 1. The van der Waals surface area contributed by atoms with Crippen molar-refractivity contribution in [2.45, 2.75) is 58.9 Å². The standard InChI is InChI=1S/C11H23N/c1-4-5-6-9-7-8-10(12)11(9,2)3/h9-10H,4-8,12H2,1-3H3/t9?,10-/m0/s1. The highest BCUT2D eigenvalue weighted by molar-refractivity contribution is 4.94. The lowest BCUT2D eigenvalue weighted by atomic mass is 9.77. The molecule has 1 unspecified atom stereocenters. The van der Waals surface area contributed by atoms with Crippen molar-refractivity contribution in [1.82, 2.24) is 0 Å². The van der Waals surface area contributed by atoms with E-state index >= 15 is 0 Å². The molecule has 1 nitrogen and oxygen atoms in total. The van der Waals surface area contributed by atoms with E-state index in [0.29, 0.717) is 11.5 Å². The second kappa shape index (κ2) is 3.78. The minimum Gasteiger partial charge on any atom is -0.327 e. The van der Waals surface area contributed by atoms with Gasteiger partial charge in [-0.25, -0.2) is 0 Å². The van der Waals surface area contributed by atoms with Gasteiger partial charge in [0.15, 0.2) is 0 Å². The van der Waals surface area contributed by atoms with Crippen LogP contribution in [0.2, 0.25) is 0 Å². The lowest BCUT2D eigenvalue weighted by molar-refractivity contribution is 0.217. The molecule has 0 aromatic rings. The summed E-state index contributed by atoms with van der Waals surface area (Å²) in [6, 6.07) is 0.444. The van der Waals surface area contributed by atoms with Gasteiger partial charge in [-0.3, -0.25) is 0 Å². The summed E-state index contributed by atoms with van der Waals surface area (Å²) in [5.74, 6) is 0.882. The highest BCUT2D eigenvalue weighted by Crippen LogP contribution is 2.44. The third kappa shape index (κ3) is 1.82. The second-order valence-corrected chi connectivity index (χ2v) is 4.84. The van der Waals surface area contributed by atoms with Crippen LogP contribution in [0.1, 0.15) is 52.9 Å². The third-order valence-electron chi connectivity index (χ3n) is 3.74. The largest absolute Gasteiger partial charge is 0.327 e. The molecule has 0 heterocycles. The van der Waals surface area contributed by atoms with Crippen molar-refractivity contribution in [3.8, 4) is 0 Å².